The molecule has 128 valence electrons. The minimum Gasteiger partial charge on any atom is -0.505 e. The molecule has 0 spiro atoms. The second kappa shape index (κ2) is 6.49. The SMILES string of the molecule is CC(=O)NC1(c2nc(C)cs2)CCN(Cc2ccc(O)c(F)c2)C1. The summed E-state index contributed by atoms with van der Waals surface area (Å²) in [6.07, 6.45) is 0.764. The molecule has 24 heavy (non-hydrogen) atoms. The number of phenolic OH excluding ortho intramolecular Hbond substituents is 1. The molecule has 5 nitrogen and oxygen atoms in total. The van der Waals surface area contributed by atoms with Gasteiger partial charge < -0.3 is 10.4 Å². The second-order valence-corrected chi connectivity index (χ2v) is 7.16. The van der Waals surface area contributed by atoms with E-state index < -0.39 is 11.4 Å². The number of thiazole rings is 1. The van der Waals surface area contributed by atoms with Crippen molar-refractivity contribution in [1.82, 2.24) is 15.2 Å². The third-order valence-electron chi connectivity index (χ3n) is 4.21. The Hall–Kier alpha value is -1.99. The van der Waals surface area contributed by atoms with Gasteiger partial charge in [-0.25, -0.2) is 9.37 Å². The summed E-state index contributed by atoms with van der Waals surface area (Å²) in [5, 5.41) is 15.3. The minimum absolute atomic E-state index is 0.0830. The lowest BCUT2D eigenvalue weighted by Gasteiger charge is -2.28. The van der Waals surface area contributed by atoms with Crippen molar-refractivity contribution in [2.45, 2.75) is 32.4 Å². The van der Waals surface area contributed by atoms with Gasteiger partial charge in [-0.2, -0.15) is 0 Å². The van der Waals surface area contributed by atoms with E-state index in [4.69, 9.17) is 0 Å². The maximum atomic E-state index is 13.5. The van der Waals surface area contributed by atoms with Gasteiger partial charge in [0.25, 0.3) is 0 Å². The lowest BCUT2D eigenvalue weighted by Crippen LogP contribution is -2.47. The molecule has 7 heteroatoms. The molecule has 1 unspecified atom stereocenters. The van der Waals surface area contributed by atoms with E-state index in [9.17, 15) is 14.3 Å². The number of carbonyl (C=O) groups is 1. The quantitative estimate of drug-likeness (QED) is 0.890. The van der Waals surface area contributed by atoms with Gasteiger partial charge in [-0.1, -0.05) is 6.07 Å². The molecular formula is C17H20FN3O2S. The number of aromatic nitrogens is 1. The molecule has 2 aromatic rings. The molecule has 0 radical (unpaired) electrons. The van der Waals surface area contributed by atoms with Crippen LogP contribution in [0.25, 0.3) is 0 Å². The number of benzene rings is 1. The van der Waals surface area contributed by atoms with Gasteiger partial charge in [0.15, 0.2) is 11.6 Å². The largest absolute Gasteiger partial charge is 0.505 e. The van der Waals surface area contributed by atoms with Crippen LogP contribution in [-0.4, -0.2) is 34.0 Å². The zero-order valence-corrected chi connectivity index (χ0v) is 14.5. The van der Waals surface area contributed by atoms with E-state index in [1.807, 2.05) is 12.3 Å². The molecule has 1 saturated heterocycles. The van der Waals surface area contributed by atoms with Crippen LogP contribution in [0.4, 0.5) is 4.39 Å². The van der Waals surface area contributed by atoms with Crippen LogP contribution in [0.1, 0.15) is 29.6 Å². The Morgan fingerprint density at radius 1 is 1.54 bits per heavy atom. The number of likely N-dealkylation sites (tertiary alicyclic amines) is 1. The first kappa shape index (κ1) is 16.9. The van der Waals surface area contributed by atoms with Crippen molar-refractivity contribution in [3.8, 4) is 5.75 Å². The number of hydrogen-bond acceptors (Lipinski definition) is 5. The van der Waals surface area contributed by atoms with E-state index >= 15 is 0 Å². The molecule has 2 heterocycles. The van der Waals surface area contributed by atoms with Crippen LogP contribution in [0.5, 0.6) is 5.75 Å². The number of hydrogen-bond donors (Lipinski definition) is 2. The van der Waals surface area contributed by atoms with Crippen molar-refractivity contribution in [2.75, 3.05) is 13.1 Å². The van der Waals surface area contributed by atoms with Crippen LogP contribution in [0.2, 0.25) is 0 Å². The van der Waals surface area contributed by atoms with Gasteiger partial charge >= 0.3 is 0 Å². The molecule has 1 atom stereocenters. The summed E-state index contributed by atoms with van der Waals surface area (Å²) >= 11 is 1.55. The Kier molecular flexibility index (Phi) is 4.56. The molecular weight excluding hydrogens is 329 g/mol. The highest BCUT2D eigenvalue weighted by atomic mass is 32.1. The lowest BCUT2D eigenvalue weighted by atomic mass is 9.99. The topological polar surface area (TPSA) is 65.5 Å². The van der Waals surface area contributed by atoms with E-state index in [0.29, 0.717) is 13.1 Å². The van der Waals surface area contributed by atoms with Crippen LogP contribution >= 0.6 is 11.3 Å². The Balaban J connectivity index is 1.79. The van der Waals surface area contributed by atoms with E-state index in [-0.39, 0.29) is 11.7 Å². The number of nitrogens with one attached hydrogen (secondary N) is 1. The molecule has 1 aromatic carbocycles. The molecule has 1 fully saturated rings. The smallest absolute Gasteiger partial charge is 0.217 e. The number of aryl methyl sites for hydroxylation is 1. The Bertz CT molecular complexity index is 764. The lowest BCUT2D eigenvalue weighted by molar-refractivity contribution is -0.120. The fourth-order valence-corrected chi connectivity index (χ4v) is 4.15. The molecule has 1 aliphatic rings. The standard InChI is InChI=1S/C17H20FN3O2S/c1-11-9-24-16(19-11)17(20-12(2)22)5-6-21(10-17)8-13-3-4-15(23)14(18)7-13/h3-4,7,9,23H,5-6,8,10H2,1-2H3,(H,20,22). The number of phenols is 1. The summed E-state index contributed by atoms with van der Waals surface area (Å²) in [7, 11) is 0. The van der Waals surface area contributed by atoms with E-state index in [1.165, 1.54) is 19.1 Å². The van der Waals surface area contributed by atoms with E-state index in [0.717, 1.165) is 29.2 Å². The minimum atomic E-state index is -0.615. The zero-order valence-electron chi connectivity index (χ0n) is 13.7. The molecule has 2 N–H and O–H groups in total. The number of aromatic hydroxyl groups is 1. The summed E-state index contributed by atoms with van der Waals surface area (Å²) in [5.41, 5.74) is 1.25. The van der Waals surface area contributed by atoms with Crippen LogP contribution in [0.15, 0.2) is 23.6 Å². The van der Waals surface area contributed by atoms with Crippen molar-refractivity contribution >= 4 is 17.2 Å². The molecule has 0 saturated carbocycles. The maximum absolute atomic E-state index is 13.5. The first-order valence-electron chi connectivity index (χ1n) is 7.79. The van der Waals surface area contributed by atoms with E-state index in [2.05, 4.69) is 15.2 Å². The Morgan fingerprint density at radius 2 is 2.33 bits per heavy atom. The molecule has 0 bridgehead atoms. The highest BCUT2D eigenvalue weighted by Crippen LogP contribution is 2.35. The first-order chi connectivity index (χ1) is 11.4. The average molecular weight is 349 g/mol. The first-order valence-corrected chi connectivity index (χ1v) is 8.67. The summed E-state index contributed by atoms with van der Waals surface area (Å²) in [6.45, 7) is 5.42. The molecule has 1 aromatic heterocycles. The monoisotopic (exact) mass is 349 g/mol. The van der Waals surface area contributed by atoms with Gasteiger partial charge in [0.1, 0.15) is 10.5 Å². The zero-order chi connectivity index (χ0) is 17.3. The van der Waals surface area contributed by atoms with Crippen molar-refractivity contribution in [3.05, 3.63) is 45.7 Å². The number of nitrogens with zero attached hydrogens (tertiary/aromatic N) is 2. The highest BCUT2D eigenvalue weighted by molar-refractivity contribution is 7.09. The Labute approximate surface area is 144 Å². The second-order valence-electron chi connectivity index (χ2n) is 6.30. The van der Waals surface area contributed by atoms with Crippen LogP contribution < -0.4 is 5.32 Å². The van der Waals surface area contributed by atoms with Gasteiger partial charge in [-0.15, -0.1) is 11.3 Å². The number of rotatable bonds is 4. The summed E-state index contributed by atoms with van der Waals surface area (Å²) in [6, 6.07) is 4.43. The van der Waals surface area contributed by atoms with Gasteiger partial charge in [0.05, 0.1) is 0 Å². The normalized spacial score (nSPS) is 21.1. The van der Waals surface area contributed by atoms with Crippen molar-refractivity contribution in [2.24, 2.45) is 0 Å². The van der Waals surface area contributed by atoms with Crippen molar-refractivity contribution in [1.29, 1.82) is 0 Å². The highest BCUT2D eigenvalue weighted by Gasteiger charge is 2.42. The van der Waals surface area contributed by atoms with Gasteiger partial charge in [-0.05, 0) is 31.0 Å². The fourth-order valence-electron chi connectivity index (χ4n) is 3.17. The molecule has 1 amide bonds. The summed E-state index contributed by atoms with van der Waals surface area (Å²) in [4.78, 5) is 18.4. The van der Waals surface area contributed by atoms with Crippen LogP contribution in [0.3, 0.4) is 0 Å². The number of halogens is 1. The van der Waals surface area contributed by atoms with Gasteiger partial charge in [0.2, 0.25) is 5.91 Å². The number of carbonyl (C=O) groups excluding carboxylic acids is 1. The summed E-state index contributed by atoms with van der Waals surface area (Å²) < 4.78 is 13.5. The van der Waals surface area contributed by atoms with Crippen molar-refractivity contribution < 1.29 is 14.3 Å². The predicted molar refractivity (Wildman–Crippen MR) is 90.3 cm³/mol. The van der Waals surface area contributed by atoms with Crippen LogP contribution in [0, 0.1) is 12.7 Å². The van der Waals surface area contributed by atoms with Gasteiger partial charge in [0, 0.05) is 37.6 Å². The van der Waals surface area contributed by atoms with Gasteiger partial charge in [-0.3, -0.25) is 9.69 Å². The average Bonchev–Trinajstić information content (AvgIpc) is 3.10. The molecule has 3 rings (SSSR count). The number of amides is 1. The predicted octanol–water partition coefficient (Wildman–Crippen LogP) is 2.53. The van der Waals surface area contributed by atoms with Crippen molar-refractivity contribution in [3.63, 3.8) is 0 Å². The summed E-state index contributed by atoms with van der Waals surface area (Å²) in [5.74, 6) is -1.04. The third-order valence-corrected chi connectivity index (χ3v) is 5.37. The van der Waals surface area contributed by atoms with E-state index in [1.54, 1.807) is 17.4 Å². The molecule has 0 aliphatic carbocycles. The van der Waals surface area contributed by atoms with Crippen LogP contribution in [-0.2, 0) is 16.9 Å². The fraction of sp³-hybridized carbons (Fsp3) is 0.412. The third kappa shape index (κ3) is 3.42. The Morgan fingerprint density at radius 3 is 2.96 bits per heavy atom. The molecule has 1 aliphatic heterocycles. The maximum Gasteiger partial charge on any atom is 0.217 e.